The van der Waals surface area contributed by atoms with E-state index in [1.165, 1.54) is 41.2 Å². The van der Waals surface area contributed by atoms with Crippen LogP contribution in [0.3, 0.4) is 0 Å². The Labute approximate surface area is 165 Å². The lowest BCUT2D eigenvalue weighted by Gasteiger charge is -2.09. The predicted octanol–water partition coefficient (Wildman–Crippen LogP) is 3.79. The van der Waals surface area contributed by atoms with Crippen molar-refractivity contribution < 1.29 is 13.9 Å². The molecule has 0 atom stereocenters. The molecule has 4 rings (SSSR count). The van der Waals surface area contributed by atoms with E-state index in [-0.39, 0.29) is 5.56 Å². The Morgan fingerprint density at radius 2 is 1.90 bits per heavy atom. The summed E-state index contributed by atoms with van der Waals surface area (Å²) >= 11 is 0. The number of anilines is 1. The van der Waals surface area contributed by atoms with Crippen LogP contribution < -0.4 is 15.6 Å². The summed E-state index contributed by atoms with van der Waals surface area (Å²) in [5, 5.41) is 3.00. The number of fused-ring (bicyclic) bond motifs is 1. The number of ether oxygens (including phenoxy) is 1. The van der Waals surface area contributed by atoms with Gasteiger partial charge in [-0.2, -0.15) is 0 Å². The number of carbonyl (C=O) groups excluding carboxylic acids is 1. The molecule has 1 amide bonds. The highest BCUT2D eigenvalue weighted by Gasteiger charge is 2.11. The third-order valence-electron chi connectivity index (χ3n) is 4.44. The Morgan fingerprint density at radius 1 is 1.07 bits per heavy atom. The molecule has 1 heterocycles. The van der Waals surface area contributed by atoms with Gasteiger partial charge < -0.3 is 10.1 Å². The fraction of sp³-hybridized carbons (Fsp3) is 0.0455. The van der Waals surface area contributed by atoms with Crippen LogP contribution in [-0.2, 0) is 0 Å². The van der Waals surface area contributed by atoms with Crippen LogP contribution in [-0.4, -0.2) is 22.6 Å². The number of nitrogens with zero attached hydrogens (tertiary/aromatic N) is 2. The molecular formula is C22H16FN3O3. The fourth-order valence-electron chi connectivity index (χ4n) is 2.98. The lowest BCUT2D eigenvalue weighted by atomic mass is 10.1. The van der Waals surface area contributed by atoms with Crippen molar-refractivity contribution in [2.75, 3.05) is 12.4 Å². The lowest BCUT2D eigenvalue weighted by Crippen LogP contribution is -2.19. The maximum Gasteiger partial charge on any atom is 0.265 e. The van der Waals surface area contributed by atoms with Gasteiger partial charge in [-0.05, 0) is 48.5 Å². The monoisotopic (exact) mass is 389 g/mol. The molecule has 3 aromatic carbocycles. The van der Waals surface area contributed by atoms with E-state index in [1.807, 2.05) is 0 Å². The van der Waals surface area contributed by atoms with Crippen LogP contribution in [0.2, 0.25) is 0 Å². The molecule has 0 aliphatic carbocycles. The summed E-state index contributed by atoms with van der Waals surface area (Å²) in [7, 11) is 1.55. The normalized spacial score (nSPS) is 10.7. The van der Waals surface area contributed by atoms with E-state index in [1.54, 1.807) is 43.5 Å². The summed E-state index contributed by atoms with van der Waals surface area (Å²) in [5.74, 6) is -0.240. The van der Waals surface area contributed by atoms with Crippen molar-refractivity contribution in [2.24, 2.45) is 0 Å². The van der Waals surface area contributed by atoms with Gasteiger partial charge in [-0.1, -0.05) is 12.1 Å². The summed E-state index contributed by atoms with van der Waals surface area (Å²) in [4.78, 5) is 29.7. The first kappa shape index (κ1) is 18.4. The van der Waals surface area contributed by atoms with E-state index in [2.05, 4.69) is 10.3 Å². The van der Waals surface area contributed by atoms with E-state index in [0.29, 0.717) is 33.6 Å². The van der Waals surface area contributed by atoms with Crippen LogP contribution in [0.4, 0.5) is 10.1 Å². The lowest BCUT2D eigenvalue weighted by molar-refractivity contribution is 0.102. The average Bonchev–Trinajstić information content (AvgIpc) is 2.74. The van der Waals surface area contributed by atoms with Crippen LogP contribution in [0, 0.1) is 5.82 Å². The summed E-state index contributed by atoms with van der Waals surface area (Å²) < 4.78 is 19.9. The molecule has 0 saturated carbocycles. The molecule has 4 aromatic rings. The Bertz CT molecular complexity index is 1280. The van der Waals surface area contributed by atoms with Crippen molar-refractivity contribution in [1.29, 1.82) is 0 Å². The van der Waals surface area contributed by atoms with Gasteiger partial charge in [-0.15, -0.1) is 0 Å². The summed E-state index contributed by atoms with van der Waals surface area (Å²) in [6.45, 7) is 0. The molecule has 144 valence electrons. The van der Waals surface area contributed by atoms with Crippen LogP contribution in [0.25, 0.3) is 16.6 Å². The molecule has 0 unspecified atom stereocenters. The Kier molecular flexibility index (Phi) is 4.78. The topological polar surface area (TPSA) is 73.2 Å². The molecular weight excluding hydrogens is 373 g/mol. The molecule has 0 spiro atoms. The minimum atomic E-state index is -0.443. The number of halogens is 1. The number of methoxy groups -OCH3 is 1. The van der Waals surface area contributed by atoms with Crippen molar-refractivity contribution in [3.8, 4) is 11.4 Å². The zero-order valence-electron chi connectivity index (χ0n) is 15.4. The number of benzene rings is 3. The average molecular weight is 389 g/mol. The van der Waals surface area contributed by atoms with Crippen LogP contribution in [0.15, 0.2) is 77.9 Å². The van der Waals surface area contributed by atoms with Crippen molar-refractivity contribution in [1.82, 2.24) is 9.55 Å². The first-order chi connectivity index (χ1) is 14.0. The summed E-state index contributed by atoms with van der Waals surface area (Å²) in [5.41, 5.74) is 1.40. The van der Waals surface area contributed by atoms with Crippen molar-refractivity contribution >= 4 is 22.5 Å². The number of aromatic nitrogens is 2. The van der Waals surface area contributed by atoms with Crippen molar-refractivity contribution in [3.63, 3.8) is 0 Å². The third-order valence-corrected chi connectivity index (χ3v) is 4.44. The first-order valence-corrected chi connectivity index (χ1v) is 8.78. The number of carbonyl (C=O) groups is 1. The molecule has 7 heteroatoms. The van der Waals surface area contributed by atoms with E-state index in [0.717, 1.165) is 0 Å². The van der Waals surface area contributed by atoms with Gasteiger partial charge in [0.2, 0.25) is 0 Å². The van der Waals surface area contributed by atoms with Gasteiger partial charge in [0.05, 0.1) is 23.7 Å². The van der Waals surface area contributed by atoms with E-state index >= 15 is 0 Å². The third kappa shape index (κ3) is 3.70. The van der Waals surface area contributed by atoms with Crippen LogP contribution >= 0.6 is 0 Å². The van der Waals surface area contributed by atoms with E-state index in [4.69, 9.17) is 4.74 Å². The van der Waals surface area contributed by atoms with Gasteiger partial charge in [-0.25, -0.2) is 9.37 Å². The highest BCUT2D eigenvalue weighted by atomic mass is 19.1. The quantitative estimate of drug-likeness (QED) is 0.576. The van der Waals surface area contributed by atoms with Crippen molar-refractivity contribution in [2.45, 2.75) is 0 Å². The van der Waals surface area contributed by atoms with Crippen LogP contribution in [0.5, 0.6) is 5.75 Å². The smallest absolute Gasteiger partial charge is 0.265 e. The minimum absolute atomic E-state index is 0.264. The van der Waals surface area contributed by atoms with Gasteiger partial charge in [0, 0.05) is 17.3 Å². The molecule has 0 aliphatic rings. The van der Waals surface area contributed by atoms with Gasteiger partial charge >= 0.3 is 0 Å². The molecule has 0 radical (unpaired) electrons. The minimum Gasteiger partial charge on any atom is -0.497 e. The number of nitrogens with one attached hydrogen (secondary N) is 1. The maximum absolute atomic E-state index is 13.3. The molecule has 0 bridgehead atoms. The molecule has 0 fully saturated rings. The highest BCUT2D eigenvalue weighted by Crippen LogP contribution is 2.17. The molecule has 1 N–H and O–H groups in total. The number of amides is 1. The van der Waals surface area contributed by atoms with Gasteiger partial charge in [0.1, 0.15) is 17.9 Å². The number of hydrogen-bond donors (Lipinski definition) is 1. The van der Waals surface area contributed by atoms with Gasteiger partial charge in [0.15, 0.2) is 0 Å². The molecule has 29 heavy (non-hydrogen) atoms. The number of hydrogen-bond acceptors (Lipinski definition) is 4. The molecule has 0 saturated heterocycles. The Balaban J connectivity index is 1.68. The zero-order valence-corrected chi connectivity index (χ0v) is 15.4. The standard InChI is InChI=1S/C22H16FN3O3/c1-29-18-7-3-6-17(12-18)26-13-24-20-10-14(8-9-19(20)22(26)28)21(27)25-16-5-2-4-15(23)11-16/h2-13H,1H3,(H,25,27). The molecule has 6 nitrogen and oxygen atoms in total. The van der Waals surface area contributed by atoms with Crippen LogP contribution in [0.1, 0.15) is 10.4 Å². The summed E-state index contributed by atoms with van der Waals surface area (Å²) in [6, 6.07) is 17.3. The highest BCUT2D eigenvalue weighted by molar-refractivity contribution is 6.06. The first-order valence-electron chi connectivity index (χ1n) is 8.78. The second-order valence-corrected chi connectivity index (χ2v) is 6.32. The van der Waals surface area contributed by atoms with E-state index < -0.39 is 11.7 Å². The second-order valence-electron chi connectivity index (χ2n) is 6.32. The second kappa shape index (κ2) is 7.55. The Hall–Kier alpha value is -4.00. The van der Waals surface area contributed by atoms with E-state index in [9.17, 15) is 14.0 Å². The number of rotatable bonds is 4. The predicted molar refractivity (Wildman–Crippen MR) is 108 cm³/mol. The maximum atomic E-state index is 13.3. The zero-order chi connectivity index (χ0) is 20.4. The van der Waals surface area contributed by atoms with Gasteiger partial charge in [-0.3, -0.25) is 14.2 Å². The molecule has 1 aromatic heterocycles. The SMILES string of the molecule is COc1cccc(-n2cnc3cc(C(=O)Nc4cccc(F)c4)ccc3c2=O)c1. The fourth-order valence-corrected chi connectivity index (χ4v) is 2.98. The largest absolute Gasteiger partial charge is 0.497 e. The summed E-state index contributed by atoms with van der Waals surface area (Å²) in [6.07, 6.45) is 1.41. The van der Waals surface area contributed by atoms with Gasteiger partial charge in [0.25, 0.3) is 11.5 Å². The molecule has 0 aliphatic heterocycles. The Morgan fingerprint density at radius 3 is 2.69 bits per heavy atom. The van der Waals surface area contributed by atoms with Crippen molar-refractivity contribution in [3.05, 3.63) is 94.8 Å².